The maximum Gasteiger partial charge on any atom is 0.313 e. The summed E-state index contributed by atoms with van der Waals surface area (Å²) in [6.07, 6.45) is 0.199. The Morgan fingerprint density at radius 1 is 1.48 bits per heavy atom. The van der Waals surface area contributed by atoms with Crippen LogP contribution in [0.2, 0.25) is 0 Å². The summed E-state index contributed by atoms with van der Waals surface area (Å²) >= 11 is 6.79. The van der Waals surface area contributed by atoms with E-state index in [0.29, 0.717) is 24.2 Å². The van der Waals surface area contributed by atoms with E-state index >= 15 is 0 Å². The van der Waals surface area contributed by atoms with Crippen LogP contribution >= 0.6 is 24.0 Å². The Bertz CT molecular complexity index is 653. The smallest absolute Gasteiger partial charge is 0.313 e. The van der Waals surface area contributed by atoms with Gasteiger partial charge in [0.25, 0.3) is 5.17 Å². The molecule has 2 aliphatic rings. The van der Waals surface area contributed by atoms with Crippen molar-refractivity contribution < 1.29 is 18.7 Å². The molecule has 0 saturated carbocycles. The SMILES string of the molecule is COC(=S)NCC1CC(c2ccc(N3CCSCC3)c(F)c2)C(=O)O1. The number of benzene rings is 1. The minimum atomic E-state index is -0.441. The number of cyclic esters (lactones) is 1. The van der Waals surface area contributed by atoms with Gasteiger partial charge in [-0.25, -0.2) is 4.39 Å². The van der Waals surface area contributed by atoms with E-state index in [1.165, 1.54) is 13.2 Å². The molecule has 2 saturated heterocycles. The van der Waals surface area contributed by atoms with Crippen LogP contribution in [0.4, 0.5) is 10.1 Å². The third-order valence-electron chi connectivity index (χ3n) is 4.45. The zero-order valence-corrected chi connectivity index (χ0v) is 15.6. The van der Waals surface area contributed by atoms with Gasteiger partial charge in [0.15, 0.2) is 0 Å². The Hall–Kier alpha value is -1.54. The quantitative estimate of drug-likeness (QED) is 0.631. The summed E-state index contributed by atoms with van der Waals surface area (Å²) in [5.41, 5.74) is 1.27. The van der Waals surface area contributed by atoms with Gasteiger partial charge in [-0.2, -0.15) is 11.8 Å². The van der Waals surface area contributed by atoms with Crippen molar-refractivity contribution in [3.8, 4) is 0 Å². The van der Waals surface area contributed by atoms with Gasteiger partial charge in [0, 0.05) is 31.0 Å². The van der Waals surface area contributed by atoms with E-state index in [-0.39, 0.29) is 23.1 Å². The molecule has 2 heterocycles. The molecule has 0 aromatic heterocycles. The van der Waals surface area contributed by atoms with E-state index in [1.54, 1.807) is 6.07 Å². The van der Waals surface area contributed by atoms with Crippen LogP contribution in [0.1, 0.15) is 17.9 Å². The predicted molar refractivity (Wildman–Crippen MR) is 101 cm³/mol. The number of carbonyl (C=O) groups is 1. The van der Waals surface area contributed by atoms with Gasteiger partial charge in [-0.15, -0.1) is 0 Å². The first-order chi connectivity index (χ1) is 12.1. The summed E-state index contributed by atoms with van der Waals surface area (Å²) in [5, 5.41) is 3.14. The molecule has 8 heteroatoms. The number of hydrogen-bond acceptors (Lipinski definition) is 6. The normalized spacial score (nSPS) is 23.3. The number of ether oxygens (including phenoxy) is 2. The van der Waals surface area contributed by atoms with Gasteiger partial charge in [-0.1, -0.05) is 6.07 Å². The van der Waals surface area contributed by atoms with Crippen molar-refractivity contribution in [1.82, 2.24) is 5.32 Å². The van der Waals surface area contributed by atoms with Crippen molar-refractivity contribution in [1.29, 1.82) is 0 Å². The number of nitrogens with one attached hydrogen (secondary N) is 1. The van der Waals surface area contributed by atoms with Crippen LogP contribution in [0.25, 0.3) is 0 Å². The number of methoxy groups -OCH3 is 1. The van der Waals surface area contributed by atoms with Crippen molar-refractivity contribution in [2.24, 2.45) is 0 Å². The lowest BCUT2D eigenvalue weighted by molar-refractivity contribution is -0.142. The number of esters is 1. The molecule has 136 valence electrons. The lowest BCUT2D eigenvalue weighted by Gasteiger charge is -2.29. The second-order valence-electron chi connectivity index (χ2n) is 6.03. The van der Waals surface area contributed by atoms with Crippen LogP contribution in [0.5, 0.6) is 0 Å². The number of hydrogen-bond donors (Lipinski definition) is 1. The first-order valence-electron chi connectivity index (χ1n) is 8.23. The molecule has 0 aliphatic carbocycles. The fraction of sp³-hybridized carbons (Fsp3) is 0.529. The molecule has 3 rings (SSSR count). The van der Waals surface area contributed by atoms with E-state index in [9.17, 15) is 9.18 Å². The molecule has 0 spiro atoms. The molecule has 1 aromatic carbocycles. The molecular weight excluding hydrogens is 363 g/mol. The van der Waals surface area contributed by atoms with Crippen molar-refractivity contribution in [3.63, 3.8) is 0 Å². The van der Waals surface area contributed by atoms with Gasteiger partial charge in [-0.3, -0.25) is 4.79 Å². The minimum absolute atomic E-state index is 0.259. The molecule has 2 unspecified atom stereocenters. The van der Waals surface area contributed by atoms with Crippen LogP contribution in [0.15, 0.2) is 18.2 Å². The van der Waals surface area contributed by atoms with Gasteiger partial charge in [-0.05, 0) is 29.9 Å². The average molecular weight is 384 g/mol. The summed E-state index contributed by atoms with van der Waals surface area (Å²) in [6, 6.07) is 5.08. The maximum atomic E-state index is 14.6. The van der Waals surface area contributed by atoms with Gasteiger partial charge in [0.1, 0.15) is 11.9 Å². The highest BCUT2D eigenvalue weighted by Gasteiger charge is 2.36. The third kappa shape index (κ3) is 4.36. The number of halogens is 1. The number of nitrogens with zero attached hydrogens (tertiary/aromatic N) is 1. The molecule has 0 bridgehead atoms. The molecule has 0 radical (unpaired) electrons. The van der Waals surface area contributed by atoms with Crippen LogP contribution in [-0.2, 0) is 14.3 Å². The molecular formula is C17H21FN2O3S2. The topological polar surface area (TPSA) is 50.8 Å². The molecule has 1 aromatic rings. The predicted octanol–water partition coefficient (Wildman–Crippen LogP) is 2.30. The monoisotopic (exact) mass is 384 g/mol. The Labute approximate surface area is 156 Å². The standard InChI is InChI=1S/C17H21FN2O3S2/c1-22-17(24)19-10-12-9-13(16(21)23-12)11-2-3-15(14(18)8-11)20-4-6-25-7-5-20/h2-3,8,12-13H,4-7,9-10H2,1H3,(H,19,24). The van der Waals surface area contributed by atoms with Crippen LogP contribution in [0.3, 0.4) is 0 Å². The number of thiocarbonyl (C=S) groups is 1. The summed E-state index contributed by atoms with van der Waals surface area (Å²) < 4.78 is 24.8. The molecule has 25 heavy (non-hydrogen) atoms. The molecule has 1 N–H and O–H groups in total. The number of anilines is 1. The third-order valence-corrected chi connectivity index (χ3v) is 5.70. The Morgan fingerprint density at radius 2 is 2.24 bits per heavy atom. The van der Waals surface area contributed by atoms with Gasteiger partial charge in [0.05, 0.1) is 25.3 Å². The Balaban J connectivity index is 1.66. The fourth-order valence-electron chi connectivity index (χ4n) is 3.12. The van der Waals surface area contributed by atoms with Gasteiger partial charge in [0.2, 0.25) is 0 Å². The highest BCUT2D eigenvalue weighted by molar-refractivity contribution is 7.99. The highest BCUT2D eigenvalue weighted by atomic mass is 32.2. The highest BCUT2D eigenvalue weighted by Crippen LogP contribution is 2.33. The molecule has 2 aliphatic heterocycles. The summed E-state index contributed by atoms with van der Waals surface area (Å²) in [6.45, 7) is 2.08. The van der Waals surface area contributed by atoms with Gasteiger partial charge >= 0.3 is 5.97 Å². The zero-order chi connectivity index (χ0) is 17.8. The van der Waals surface area contributed by atoms with Crippen LogP contribution in [0, 0.1) is 5.82 Å². The average Bonchev–Trinajstić information content (AvgIpc) is 3.01. The van der Waals surface area contributed by atoms with Crippen molar-refractivity contribution >= 4 is 40.8 Å². The van der Waals surface area contributed by atoms with Gasteiger partial charge < -0.3 is 19.7 Å². The largest absolute Gasteiger partial charge is 0.474 e. The fourth-order valence-corrected chi connectivity index (χ4v) is 4.11. The summed E-state index contributed by atoms with van der Waals surface area (Å²) in [4.78, 5) is 14.2. The Morgan fingerprint density at radius 3 is 2.92 bits per heavy atom. The first kappa shape index (κ1) is 18.3. The van der Waals surface area contributed by atoms with E-state index in [2.05, 4.69) is 10.2 Å². The van der Waals surface area contributed by atoms with E-state index < -0.39 is 5.92 Å². The second kappa shape index (κ2) is 8.23. The zero-order valence-electron chi connectivity index (χ0n) is 14.0. The number of rotatable bonds is 4. The lowest BCUT2D eigenvalue weighted by Crippen LogP contribution is -2.33. The minimum Gasteiger partial charge on any atom is -0.474 e. The second-order valence-corrected chi connectivity index (χ2v) is 7.63. The number of carbonyl (C=O) groups excluding carboxylic acids is 1. The van der Waals surface area contributed by atoms with E-state index in [4.69, 9.17) is 21.7 Å². The van der Waals surface area contributed by atoms with Crippen LogP contribution in [-0.4, -0.2) is 55.5 Å². The maximum absolute atomic E-state index is 14.6. The number of thioether (sulfide) groups is 1. The van der Waals surface area contributed by atoms with Crippen LogP contribution < -0.4 is 10.2 Å². The Kier molecular flexibility index (Phi) is 6.01. The molecule has 2 atom stereocenters. The van der Waals surface area contributed by atoms with E-state index in [0.717, 1.165) is 24.6 Å². The molecule has 2 fully saturated rings. The van der Waals surface area contributed by atoms with Crippen molar-refractivity contribution in [2.45, 2.75) is 18.4 Å². The van der Waals surface area contributed by atoms with Crippen molar-refractivity contribution in [3.05, 3.63) is 29.6 Å². The summed E-state index contributed by atoms with van der Waals surface area (Å²) in [5.74, 6) is 0.974. The van der Waals surface area contributed by atoms with E-state index in [1.807, 2.05) is 17.8 Å². The van der Waals surface area contributed by atoms with Crippen molar-refractivity contribution in [2.75, 3.05) is 43.1 Å². The summed E-state index contributed by atoms with van der Waals surface area (Å²) in [7, 11) is 1.48. The first-order valence-corrected chi connectivity index (χ1v) is 9.79. The lowest BCUT2D eigenvalue weighted by atomic mass is 9.95. The molecule has 5 nitrogen and oxygen atoms in total. The molecule has 0 amide bonds.